The molecule has 3 aromatic rings. The first kappa shape index (κ1) is 22.0. The molecular weight excluding hydrogens is 439 g/mol. The van der Waals surface area contributed by atoms with Gasteiger partial charge >= 0.3 is 0 Å². The third kappa shape index (κ3) is 4.53. The van der Waals surface area contributed by atoms with Crippen LogP contribution in [0.4, 0.5) is 15.9 Å². The molecule has 0 radical (unpaired) electrons. The van der Waals surface area contributed by atoms with Gasteiger partial charge in [-0.25, -0.2) is 14.4 Å². The molecule has 32 heavy (non-hydrogen) atoms. The number of carbonyl (C=O) groups is 1. The second-order valence-corrected chi connectivity index (χ2v) is 8.01. The van der Waals surface area contributed by atoms with Gasteiger partial charge < -0.3 is 25.2 Å². The van der Waals surface area contributed by atoms with Crippen molar-refractivity contribution >= 4 is 39.9 Å². The zero-order valence-electron chi connectivity index (χ0n) is 17.3. The zero-order valence-corrected chi connectivity index (χ0v) is 18.0. The lowest BCUT2D eigenvalue weighted by molar-refractivity contribution is -0.141. The molecule has 1 fully saturated rings. The van der Waals surface area contributed by atoms with Crippen LogP contribution in [0.25, 0.3) is 10.9 Å². The number of phenols is 1. The summed E-state index contributed by atoms with van der Waals surface area (Å²) >= 11 is 5.84. The quantitative estimate of drug-likeness (QED) is 0.533. The molecule has 8 nitrogen and oxygen atoms in total. The van der Waals surface area contributed by atoms with Gasteiger partial charge in [0.1, 0.15) is 24.4 Å². The van der Waals surface area contributed by atoms with E-state index in [9.17, 15) is 19.4 Å². The number of anilines is 2. The van der Waals surface area contributed by atoms with E-state index in [1.807, 2.05) is 0 Å². The van der Waals surface area contributed by atoms with Crippen molar-refractivity contribution in [2.24, 2.45) is 0 Å². The number of aliphatic hydroxyl groups excluding tert-OH is 1. The molecule has 2 heterocycles. The molecule has 4 rings (SSSR count). The summed E-state index contributed by atoms with van der Waals surface area (Å²) in [5.41, 5.74) is 0.648. The summed E-state index contributed by atoms with van der Waals surface area (Å²) in [6, 6.07) is 7.64. The number of piperidine rings is 1. The van der Waals surface area contributed by atoms with Crippen molar-refractivity contribution in [2.45, 2.75) is 32.0 Å². The Balaban J connectivity index is 1.52. The van der Waals surface area contributed by atoms with Crippen molar-refractivity contribution in [1.29, 1.82) is 0 Å². The van der Waals surface area contributed by atoms with E-state index in [0.29, 0.717) is 42.7 Å². The number of aliphatic hydroxyl groups is 1. The van der Waals surface area contributed by atoms with Gasteiger partial charge in [0.15, 0.2) is 17.3 Å². The van der Waals surface area contributed by atoms with Gasteiger partial charge in [-0.3, -0.25) is 4.79 Å². The first-order valence-corrected chi connectivity index (χ1v) is 10.5. The predicted octanol–water partition coefficient (Wildman–Crippen LogP) is 3.62. The second-order valence-electron chi connectivity index (χ2n) is 7.60. The Morgan fingerprint density at radius 2 is 2.06 bits per heavy atom. The molecule has 168 valence electrons. The average molecular weight is 461 g/mol. The number of aromatic hydroxyl groups is 1. The Hall–Kier alpha value is -3.17. The number of nitrogens with one attached hydrogen (secondary N) is 1. The smallest absolute Gasteiger partial charge is 0.251 e. The Labute approximate surface area is 188 Å². The first-order valence-electron chi connectivity index (χ1n) is 10.2. The summed E-state index contributed by atoms with van der Waals surface area (Å²) in [5.74, 6) is -0.445. The van der Waals surface area contributed by atoms with E-state index in [0.717, 1.165) is 0 Å². The highest BCUT2D eigenvalue weighted by Gasteiger charge is 2.26. The normalized spacial score (nSPS) is 15.6. The van der Waals surface area contributed by atoms with Crippen LogP contribution in [0.15, 0.2) is 36.7 Å². The molecule has 1 aliphatic rings. The van der Waals surface area contributed by atoms with E-state index in [1.54, 1.807) is 17.0 Å². The molecule has 0 saturated carbocycles. The molecule has 3 N–H and O–H groups in total. The number of fused-ring (bicyclic) bond motifs is 1. The van der Waals surface area contributed by atoms with E-state index >= 15 is 0 Å². The topological polar surface area (TPSA) is 108 Å². The zero-order chi connectivity index (χ0) is 22.8. The fourth-order valence-corrected chi connectivity index (χ4v) is 3.81. The van der Waals surface area contributed by atoms with E-state index in [-0.39, 0.29) is 34.2 Å². The SMILES string of the molecule is C[C@H](O)C(=O)N1CCC(Oc2cc3ncnc(Nc4cccc(Cl)c4F)c3cc2O)CC1. The van der Waals surface area contributed by atoms with Gasteiger partial charge in [-0.2, -0.15) is 0 Å². The van der Waals surface area contributed by atoms with Crippen LogP contribution in [-0.4, -0.2) is 56.3 Å². The van der Waals surface area contributed by atoms with E-state index in [4.69, 9.17) is 16.3 Å². The van der Waals surface area contributed by atoms with Crippen LogP contribution in [0.3, 0.4) is 0 Å². The molecule has 10 heteroatoms. The lowest BCUT2D eigenvalue weighted by atomic mass is 10.1. The highest BCUT2D eigenvalue weighted by molar-refractivity contribution is 6.31. The second kappa shape index (κ2) is 9.13. The molecule has 2 aromatic carbocycles. The lowest BCUT2D eigenvalue weighted by Gasteiger charge is -2.33. The number of carbonyl (C=O) groups excluding carboxylic acids is 1. The van der Waals surface area contributed by atoms with Gasteiger partial charge in [-0.1, -0.05) is 17.7 Å². The van der Waals surface area contributed by atoms with E-state index in [1.165, 1.54) is 31.5 Å². The largest absolute Gasteiger partial charge is 0.504 e. The van der Waals surface area contributed by atoms with Gasteiger partial charge in [0.05, 0.1) is 16.2 Å². The number of halogens is 2. The van der Waals surface area contributed by atoms with Crippen molar-refractivity contribution in [3.8, 4) is 11.5 Å². The molecule has 1 aliphatic heterocycles. The molecule has 1 atom stereocenters. The summed E-state index contributed by atoms with van der Waals surface area (Å²) < 4.78 is 20.2. The maximum Gasteiger partial charge on any atom is 0.251 e. The minimum Gasteiger partial charge on any atom is -0.504 e. The van der Waals surface area contributed by atoms with Crippen molar-refractivity contribution in [3.05, 3.63) is 47.5 Å². The standard InChI is InChI=1S/C22H22ClFN4O4/c1-12(29)22(31)28-7-5-13(6-8-28)32-19-10-17-14(9-18(19)30)21(26-11-25-17)27-16-4-2-3-15(23)20(16)24/h2-4,9-13,29-30H,5-8H2,1H3,(H,25,26,27)/t12-/m0/s1. The summed E-state index contributed by atoms with van der Waals surface area (Å²) in [4.78, 5) is 21.9. The number of hydrogen-bond donors (Lipinski definition) is 3. The van der Waals surface area contributed by atoms with Gasteiger partial charge in [-0.05, 0) is 25.1 Å². The fourth-order valence-electron chi connectivity index (χ4n) is 3.63. The molecular formula is C22H22ClFN4O4. The monoisotopic (exact) mass is 460 g/mol. The summed E-state index contributed by atoms with van der Waals surface area (Å²) in [5, 5.41) is 23.3. The Morgan fingerprint density at radius 1 is 1.31 bits per heavy atom. The average Bonchev–Trinajstić information content (AvgIpc) is 2.78. The predicted molar refractivity (Wildman–Crippen MR) is 118 cm³/mol. The number of aromatic nitrogens is 2. The summed E-state index contributed by atoms with van der Waals surface area (Å²) in [6.45, 7) is 2.37. The fraction of sp³-hybridized carbons (Fsp3) is 0.318. The molecule has 1 aromatic heterocycles. The van der Waals surface area contributed by atoms with Crippen molar-refractivity contribution in [3.63, 3.8) is 0 Å². The first-order chi connectivity index (χ1) is 15.3. The molecule has 1 saturated heterocycles. The van der Waals surface area contributed by atoms with Crippen molar-refractivity contribution in [1.82, 2.24) is 14.9 Å². The number of likely N-dealkylation sites (tertiary alicyclic amines) is 1. The maximum absolute atomic E-state index is 14.3. The van der Waals surface area contributed by atoms with Gasteiger partial charge in [0.25, 0.3) is 5.91 Å². The van der Waals surface area contributed by atoms with Crippen LogP contribution in [0.2, 0.25) is 5.02 Å². The Morgan fingerprint density at radius 3 is 2.78 bits per heavy atom. The van der Waals surface area contributed by atoms with E-state index < -0.39 is 11.9 Å². The van der Waals surface area contributed by atoms with E-state index in [2.05, 4.69) is 15.3 Å². The minimum atomic E-state index is -1.03. The number of hydrogen-bond acceptors (Lipinski definition) is 7. The maximum atomic E-state index is 14.3. The van der Waals surface area contributed by atoms with Crippen LogP contribution in [0.5, 0.6) is 11.5 Å². The van der Waals surface area contributed by atoms with Crippen LogP contribution < -0.4 is 10.1 Å². The van der Waals surface area contributed by atoms with Gasteiger partial charge in [0.2, 0.25) is 0 Å². The number of phenolic OH excluding ortho intramolecular Hbond substituents is 1. The van der Waals surface area contributed by atoms with Crippen LogP contribution in [0, 0.1) is 5.82 Å². The minimum absolute atomic E-state index is 0.0203. The van der Waals surface area contributed by atoms with Crippen molar-refractivity contribution in [2.75, 3.05) is 18.4 Å². The number of amides is 1. The number of benzene rings is 2. The summed E-state index contributed by atoms with van der Waals surface area (Å²) in [6.07, 6.45) is 1.24. The Bertz CT molecular complexity index is 1150. The summed E-state index contributed by atoms with van der Waals surface area (Å²) in [7, 11) is 0. The van der Waals surface area contributed by atoms with Crippen LogP contribution >= 0.6 is 11.6 Å². The van der Waals surface area contributed by atoms with Crippen LogP contribution in [-0.2, 0) is 4.79 Å². The third-order valence-corrected chi connectivity index (χ3v) is 5.62. The Kier molecular flexibility index (Phi) is 6.29. The molecule has 1 amide bonds. The highest BCUT2D eigenvalue weighted by Crippen LogP contribution is 2.36. The number of ether oxygens (including phenoxy) is 1. The van der Waals surface area contributed by atoms with Gasteiger partial charge in [-0.15, -0.1) is 0 Å². The molecule has 0 spiro atoms. The number of rotatable bonds is 5. The number of nitrogens with zero attached hydrogens (tertiary/aromatic N) is 3. The van der Waals surface area contributed by atoms with Gasteiger partial charge in [0, 0.05) is 37.4 Å². The molecule has 0 unspecified atom stereocenters. The molecule has 0 bridgehead atoms. The van der Waals surface area contributed by atoms with Crippen molar-refractivity contribution < 1.29 is 24.1 Å². The third-order valence-electron chi connectivity index (χ3n) is 5.33. The van der Waals surface area contributed by atoms with Crippen LogP contribution in [0.1, 0.15) is 19.8 Å². The lowest BCUT2D eigenvalue weighted by Crippen LogP contribution is -2.45. The molecule has 0 aliphatic carbocycles. The highest BCUT2D eigenvalue weighted by atomic mass is 35.5.